The molecule has 1 heterocycles. The van der Waals surface area contributed by atoms with Crippen molar-refractivity contribution in [1.29, 1.82) is 0 Å². The van der Waals surface area contributed by atoms with E-state index >= 15 is 0 Å². The third kappa shape index (κ3) is 2.80. The van der Waals surface area contributed by atoms with Crippen molar-refractivity contribution in [2.45, 2.75) is 63.6 Å². The van der Waals surface area contributed by atoms with Gasteiger partial charge in [0, 0.05) is 12.6 Å². The number of fused-ring (bicyclic) bond motifs is 1. The van der Waals surface area contributed by atoms with Gasteiger partial charge in [-0.2, -0.15) is 0 Å². The summed E-state index contributed by atoms with van der Waals surface area (Å²) in [5.74, 6) is -0.121. The van der Waals surface area contributed by atoms with Gasteiger partial charge in [0.2, 0.25) is 0 Å². The van der Waals surface area contributed by atoms with Gasteiger partial charge in [-0.15, -0.1) is 0 Å². The van der Waals surface area contributed by atoms with Crippen molar-refractivity contribution >= 4 is 5.97 Å². The molecule has 0 aromatic carbocycles. The summed E-state index contributed by atoms with van der Waals surface area (Å²) in [6.07, 6.45) is 5.92. The summed E-state index contributed by atoms with van der Waals surface area (Å²) in [5, 5.41) is 18.7. The van der Waals surface area contributed by atoms with E-state index < -0.39 is 5.97 Å². The Hall–Kier alpha value is -0.610. The largest absolute Gasteiger partial charge is 0.480 e. The summed E-state index contributed by atoms with van der Waals surface area (Å²) in [6, 6.07) is 0.130. The second kappa shape index (κ2) is 5.36. The Morgan fingerprint density at radius 1 is 1.41 bits per heavy atom. The third-order valence-corrected chi connectivity index (χ3v) is 4.31. The van der Waals surface area contributed by atoms with Crippen molar-refractivity contribution in [3.63, 3.8) is 0 Å². The molecule has 4 atom stereocenters. The summed E-state index contributed by atoms with van der Waals surface area (Å²) >= 11 is 0. The van der Waals surface area contributed by atoms with Crippen molar-refractivity contribution in [3.05, 3.63) is 0 Å². The van der Waals surface area contributed by atoms with Crippen molar-refractivity contribution in [3.8, 4) is 0 Å². The summed E-state index contributed by atoms with van der Waals surface area (Å²) in [5.41, 5.74) is 0. The zero-order valence-corrected chi connectivity index (χ0v) is 10.5. The molecule has 4 nitrogen and oxygen atoms in total. The van der Waals surface area contributed by atoms with Crippen LogP contribution in [0.25, 0.3) is 0 Å². The average molecular weight is 241 g/mol. The van der Waals surface area contributed by atoms with Crippen LogP contribution in [0.1, 0.15) is 45.4 Å². The Kier molecular flexibility index (Phi) is 4.05. The number of rotatable bonds is 4. The quantitative estimate of drug-likeness (QED) is 0.782. The highest BCUT2D eigenvalue weighted by Crippen LogP contribution is 2.39. The van der Waals surface area contributed by atoms with Gasteiger partial charge in [0.05, 0.1) is 6.10 Å². The standard InChI is InChI=1S/C13H23NO3/c1-9(15)6-7-14-11-5-3-2-4-10(11)8-12(14)13(16)17/h9-12,15H,2-8H2,1H3,(H,16,17). The van der Waals surface area contributed by atoms with E-state index in [-0.39, 0.29) is 12.1 Å². The van der Waals surface area contributed by atoms with Crippen LogP contribution < -0.4 is 0 Å². The van der Waals surface area contributed by atoms with Crippen LogP contribution >= 0.6 is 0 Å². The van der Waals surface area contributed by atoms with Crippen molar-refractivity contribution in [1.82, 2.24) is 4.90 Å². The fourth-order valence-corrected chi connectivity index (χ4v) is 3.45. The SMILES string of the molecule is CC(O)CCN1C(C(=O)O)CC2CCCCC21. The molecule has 98 valence electrons. The predicted octanol–water partition coefficient (Wildman–Crippen LogP) is 1.47. The van der Waals surface area contributed by atoms with E-state index in [0.717, 1.165) is 19.4 Å². The topological polar surface area (TPSA) is 60.8 Å². The molecule has 1 aliphatic carbocycles. The van der Waals surface area contributed by atoms with E-state index in [9.17, 15) is 15.0 Å². The number of aliphatic carboxylic acids is 1. The minimum absolute atomic E-state index is 0.318. The van der Waals surface area contributed by atoms with E-state index in [1.807, 2.05) is 0 Å². The first-order valence-corrected chi connectivity index (χ1v) is 6.76. The number of nitrogens with zero attached hydrogens (tertiary/aromatic N) is 1. The van der Waals surface area contributed by atoms with Gasteiger partial charge < -0.3 is 10.2 Å². The molecule has 0 aromatic rings. The van der Waals surface area contributed by atoms with Gasteiger partial charge in [-0.1, -0.05) is 12.8 Å². The lowest BCUT2D eigenvalue weighted by molar-refractivity contribution is -0.142. The second-order valence-corrected chi connectivity index (χ2v) is 5.58. The molecule has 0 aromatic heterocycles. The first-order valence-electron chi connectivity index (χ1n) is 6.76. The maximum atomic E-state index is 11.3. The number of likely N-dealkylation sites (tertiary alicyclic amines) is 1. The molecule has 0 bridgehead atoms. The molecule has 1 saturated heterocycles. The molecule has 17 heavy (non-hydrogen) atoms. The van der Waals surface area contributed by atoms with Crippen LogP contribution in [0.3, 0.4) is 0 Å². The zero-order valence-electron chi connectivity index (χ0n) is 10.5. The molecular formula is C13H23NO3. The third-order valence-electron chi connectivity index (χ3n) is 4.31. The highest BCUT2D eigenvalue weighted by atomic mass is 16.4. The highest BCUT2D eigenvalue weighted by Gasteiger charge is 2.44. The lowest BCUT2D eigenvalue weighted by Gasteiger charge is -2.33. The smallest absolute Gasteiger partial charge is 0.320 e. The fourth-order valence-electron chi connectivity index (χ4n) is 3.45. The fraction of sp³-hybridized carbons (Fsp3) is 0.923. The number of carboxylic acid groups (broad SMARTS) is 1. The number of aliphatic hydroxyl groups excluding tert-OH is 1. The summed E-state index contributed by atoms with van der Waals surface area (Å²) in [7, 11) is 0. The number of carboxylic acids is 1. The van der Waals surface area contributed by atoms with Gasteiger partial charge in [-0.3, -0.25) is 9.69 Å². The second-order valence-electron chi connectivity index (χ2n) is 5.58. The maximum Gasteiger partial charge on any atom is 0.320 e. The molecule has 0 spiro atoms. The van der Waals surface area contributed by atoms with Crippen LogP contribution in [0.2, 0.25) is 0 Å². The number of carbonyl (C=O) groups is 1. The minimum atomic E-state index is -0.690. The van der Waals surface area contributed by atoms with Gasteiger partial charge in [-0.05, 0) is 38.5 Å². The molecule has 0 radical (unpaired) electrons. The van der Waals surface area contributed by atoms with Crippen LogP contribution in [-0.2, 0) is 4.79 Å². The summed E-state index contributed by atoms with van der Waals surface area (Å²) in [4.78, 5) is 13.4. The van der Waals surface area contributed by atoms with E-state index in [4.69, 9.17) is 0 Å². The Balaban J connectivity index is 2.03. The highest BCUT2D eigenvalue weighted by molar-refractivity contribution is 5.74. The van der Waals surface area contributed by atoms with E-state index in [2.05, 4.69) is 4.90 Å². The van der Waals surface area contributed by atoms with Crippen LogP contribution in [0, 0.1) is 5.92 Å². The summed E-state index contributed by atoms with van der Waals surface area (Å²) in [6.45, 7) is 2.49. The lowest BCUT2D eigenvalue weighted by atomic mass is 9.85. The first-order chi connectivity index (χ1) is 8.09. The lowest BCUT2D eigenvalue weighted by Crippen LogP contribution is -2.43. The Morgan fingerprint density at radius 3 is 2.76 bits per heavy atom. The van der Waals surface area contributed by atoms with E-state index in [1.165, 1.54) is 19.3 Å². The van der Waals surface area contributed by atoms with Crippen LogP contribution in [0.15, 0.2) is 0 Å². The van der Waals surface area contributed by atoms with Gasteiger partial charge in [0.1, 0.15) is 6.04 Å². The molecule has 2 fully saturated rings. The molecule has 4 unspecified atom stereocenters. The van der Waals surface area contributed by atoms with Crippen LogP contribution in [-0.4, -0.2) is 45.8 Å². The van der Waals surface area contributed by atoms with Gasteiger partial charge in [0.25, 0.3) is 0 Å². The molecular weight excluding hydrogens is 218 g/mol. The Labute approximate surface area is 103 Å². The molecule has 1 aliphatic heterocycles. The van der Waals surface area contributed by atoms with Crippen LogP contribution in [0.4, 0.5) is 0 Å². The van der Waals surface area contributed by atoms with E-state index in [0.29, 0.717) is 18.4 Å². The van der Waals surface area contributed by atoms with Gasteiger partial charge >= 0.3 is 5.97 Å². The number of hydrogen-bond donors (Lipinski definition) is 2. The molecule has 4 heteroatoms. The molecule has 2 aliphatic rings. The number of hydrogen-bond acceptors (Lipinski definition) is 3. The van der Waals surface area contributed by atoms with Crippen molar-refractivity contribution in [2.75, 3.05) is 6.54 Å². The molecule has 0 amide bonds. The molecule has 2 rings (SSSR count). The van der Waals surface area contributed by atoms with Gasteiger partial charge in [-0.25, -0.2) is 0 Å². The normalized spacial score (nSPS) is 35.5. The predicted molar refractivity (Wildman–Crippen MR) is 64.8 cm³/mol. The Morgan fingerprint density at radius 2 is 2.12 bits per heavy atom. The first kappa shape index (κ1) is 12.8. The maximum absolute atomic E-state index is 11.3. The van der Waals surface area contributed by atoms with Crippen molar-refractivity contribution in [2.24, 2.45) is 5.92 Å². The molecule has 2 N–H and O–H groups in total. The minimum Gasteiger partial charge on any atom is -0.480 e. The average Bonchev–Trinajstić information content (AvgIpc) is 2.65. The monoisotopic (exact) mass is 241 g/mol. The Bertz CT molecular complexity index is 280. The summed E-state index contributed by atoms with van der Waals surface area (Å²) < 4.78 is 0. The molecule has 1 saturated carbocycles. The zero-order chi connectivity index (χ0) is 12.4. The van der Waals surface area contributed by atoms with Crippen molar-refractivity contribution < 1.29 is 15.0 Å². The van der Waals surface area contributed by atoms with E-state index in [1.54, 1.807) is 6.92 Å². The van der Waals surface area contributed by atoms with Crippen LogP contribution in [0.5, 0.6) is 0 Å². The van der Waals surface area contributed by atoms with Gasteiger partial charge in [0.15, 0.2) is 0 Å². The number of aliphatic hydroxyl groups is 1.